The van der Waals surface area contributed by atoms with E-state index < -0.39 is 12.1 Å². The number of hydrogen-bond donors (Lipinski definition) is 2. The number of fused-ring (bicyclic) bond motifs is 1. The van der Waals surface area contributed by atoms with Crippen molar-refractivity contribution < 1.29 is 24.2 Å². The maximum Gasteiger partial charge on any atom is 0.411 e. The summed E-state index contributed by atoms with van der Waals surface area (Å²) in [5.41, 5.74) is 4.57. The summed E-state index contributed by atoms with van der Waals surface area (Å²) >= 11 is 0. The number of likely N-dealkylation sites (N-methyl/N-ethyl adjacent to an activating group) is 1. The molecular weight excluding hydrogens is 580 g/mol. The number of carboxylic acids is 1. The van der Waals surface area contributed by atoms with Gasteiger partial charge in [-0.05, 0) is 66.8 Å². The summed E-state index contributed by atoms with van der Waals surface area (Å²) in [5.74, 6) is 0.161. The van der Waals surface area contributed by atoms with E-state index in [1.807, 2.05) is 85.9 Å². The van der Waals surface area contributed by atoms with Crippen molar-refractivity contribution in [3.8, 4) is 11.1 Å². The minimum absolute atomic E-state index is 0.00708. The van der Waals surface area contributed by atoms with Gasteiger partial charge in [-0.15, -0.1) is 0 Å². The minimum atomic E-state index is -0.649. The van der Waals surface area contributed by atoms with Crippen molar-refractivity contribution in [2.45, 2.75) is 38.3 Å². The zero-order chi connectivity index (χ0) is 32.0. The van der Waals surface area contributed by atoms with Crippen molar-refractivity contribution in [2.75, 3.05) is 51.6 Å². The third-order valence-electron chi connectivity index (χ3n) is 9.94. The van der Waals surface area contributed by atoms with Crippen LogP contribution in [0.2, 0.25) is 0 Å². The van der Waals surface area contributed by atoms with Gasteiger partial charge >= 0.3 is 12.1 Å². The third-order valence-corrected chi connectivity index (χ3v) is 9.94. The summed E-state index contributed by atoms with van der Waals surface area (Å²) in [6.07, 6.45) is 2.53. The van der Waals surface area contributed by atoms with Gasteiger partial charge < -0.3 is 19.6 Å². The van der Waals surface area contributed by atoms with E-state index in [0.717, 1.165) is 81.8 Å². The molecule has 9 heteroatoms. The van der Waals surface area contributed by atoms with Crippen molar-refractivity contribution in [2.24, 2.45) is 17.8 Å². The van der Waals surface area contributed by atoms with E-state index in [-0.39, 0.29) is 17.9 Å². The summed E-state index contributed by atoms with van der Waals surface area (Å²) in [5, 5.41) is 12.3. The number of hydrogen-bond acceptors (Lipinski definition) is 6. The highest BCUT2D eigenvalue weighted by atomic mass is 16.6. The number of carbonyl (C=O) groups excluding carboxylic acids is 2. The van der Waals surface area contributed by atoms with Gasteiger partial charge in [0.05, 0.1) is 11.6 Å². The molecular formula is C37H44N4O5. The SMILES string of the molecule is CN(CCN1CCC(OC(=O)Nc2ccccc2-c2ccccc2)CC1)C(=O)c1ccc(CN2C[C@H]3C[C@@H](C(=O)O)C[C@H]3C2)cc1. The molecule has 2 aliphatic heterocycles. The molecule has 1 aliphatic carbocycles. The lowest BCUT2D eigenvalue weighted by atomic mass is 10.0. The Morgan fingerprint density at radius 1 is 0.870 bits per heavy atom. The number of anilines is 1. The van der Waals surface area contributed by atoms with Gasteiger partial charge in [0.1, 0.15) is 6.10 Å². The Bertz CT molecular complexity index is 1490. The summed E-state index contributed by atoms with van der Waals surface area (Å²) < 4.78 is 5.77. The van der Waals surface area contributed by atoms with Crippen molar-refractivity contribution in [3.05, 3.63) is 90.0 Å². The first kappa shape index (κ1) is 31.8. The lowest BCUT2D eigenvalue weighted by molar-refractivity contribution is -0.141. The van der Waals surface area contributed by atoms with Gasteiger partial charge in [0.15, 0.2) is 0 Å². The first-order valence-electron chi connectivity index (χ1n) is 16.5. The molecule has 3 aliphatic rings. The number of carbonyl (C=O) groups is 3. The summed E-state index contributed by atoms with van der Waals surface area (Å²) in [4.78, 5) is 43.7. The largest absolute Gasteiger partial charge is 0.481 e. The maximum atomic E-state index is 13.1. The summed E-state index contributed by atoms with van der Waals surface area (Å²) in [7, 11) is 1.84. The number of ether oxygens (including phenoxy) is 1. The predicted octanol–water partition coefficient (Wildman–Crippen LogP) is 5.68. The van der Waals surface area contributed by atoms with E-state index in [2.05, 4.69) is 15.1 Å². The molecule has 2 amide bonds. The fourth-order valence-corrected chi connectivity index (χ4v) is 7.36. The van der Waals surface area contributed by atoms with Gasteiger partial charge in [0.25, 0.3) is 5.91 Å². The highest BCUT2D eigenvalue weighted by Gasteiger charge is 2.43. The van der Waals surface area contributed by atoms with Crippen LogP contribution >= 0.6 is 0 Å². The van der Waals surface area contributed by atoms with E-state index in [9.17, 15) is 19.5 Å². The van der Waals surface area contributed by atoms with E-state index in [1.165, 1.54) is 5.56 Å². The van der Waals surface area contributed by atoms with Crippen molar-refractivity contribution in [1.29, 1.82) is 0 Å². The smallest absolute Gasteiger partial charge is 0.411 e. The lowest BCUT2D eigenvalue weighted by Crippen LogP contribution is -2.42. The molecule has 0 aromatic heterocycles. The number of likely N-dealkylation sites (tertiary alicyclic amines) is 2. The van der Waals surface area contributed by atoms with Crippen molar-refractivity contribution >= 4 is 23.7 Å². The quantitative estimate of drug-likeness (QED) is 0.299. The Morgan fingerprint density at radius 2 is 1.52 bits per heavy atom. The Balaban J connectivity index is 0.899. The molecule has 3 aromatic rings. The lowest BCUT2D eigenvalue weighted by Gasteiger charge is -2.32. The topological polar surface area (TPSA) is 102 Å². The number of rotatable bonds is 10. The van der Waals surface area contributed by atoms with Crippen molar-refractivity contribution in [1.82, 2.24) is 14.7 Å². The van der Waals surface area contributed by atoms with Gasteiger partial charge in [-0.1, -0.05) is 60.7 Å². The zero-order valence-corrected chi connectivity index (χ0v) is 26.5. The molecule has 2 heterocycles. The number of piperidine rings is 1. The normalized spacial score (nSPS) is 21.9. The van der Waals surface area contributed by atoms with E-state index in [1.54, 1.807) is 4.90 Å². The van der Waals surface area contributed by atoms with Crippen molar-refractivity contribution in [3.63, 3.8) is 0 Å². The van der Waals surface area contributed by atoms with E-state index in [4.69, 9.17) is 4.74 Å². The molecule has 3 fully saturated rings. The van der Waals surface area contributed by atoms with Gasteiger partial charge in [0, 0.05) is 64.0 Å². The summed E-state index contributed by atoms with van der Waals surface area (Å²) in [6, 6.07) is 25.6. The molecule has 0 radical (unpaired) electrons. The van der Waals surface area contributed by atoms with Gasteiger partial charge in [-0.25, -0.2) is 4.79 Å². The second-order valence-electron chi connectivity index (χ2n) is 13.1. The molecule has 1 saturated carbocycles. The highest BCUT2D eigenvalue weighted by molar-refractivity contribution is 5.94. The van der Waals surface area contributed by atoms with Crippen LogP contribution in [0.1, 0.15) is 41.6 Å². The maximum absolute atomic E-state index is 13.1. The number of nitrogens with one attached hydrogen (secondary N) is 1. The molecule has 3 aromatic carbocycles. The van der Waals surface area contributed by atoms with Crippen LogP contribution in [0.3, 0.4) is 0 Å². The molecule has 242 valence electrons. The Labute approximate surface area is 271 Å². The fraction of sp³-hybridized carbons (Fsp3) is 0.432. The fourth-order valence-electron chi connectivity index (χ4n) is 7.36. The van der Waals surface area contributed by atoms with Gasteiger partial charge in [0.2, 0.25) is 0 Å². The average Bonchev–Trinajstić information content (AvgIpc) is 3.64. The molecule has 3 atom stereocenters. The Kier molecular flexibility index (Phi) is 10.00. The monoisotopic (exact) mass is 624 g/mol. The van der Waals surface area contributed by atoms with Gasteiger partial charge in [-0.2, -0.15) is 0 Å². The number of para-hydroxylation sites is 1. The molecule has 0 spiro atoms. The number of aliphatic carboxylic acids is 1. The van der Waals surface area contributed by atoms with Crippen LogP contribution in [0.5, 0.6) is 0 Å². The van der Waals surface area contributed by atoms with Crippen LogP contribution in [0.15, 0.2) is 78.9 Å². The van der Waals surface area contributed by atoms with Crippen LogP contribution in [0, 0.1) is 17.8 Å². The Hall–Kier alpha value is -4.21. The number of amides is 2. The van der Waals surface area contributed by atoms with Crippen LogP contribution in [0.4, 0.5) is 10.5 Å². The standard InChI is InChI=1S/C37H44N4O5/c1-39(35(42)28-13-11-26(12-14-28)23-41-24-30-21-29(36(43)44)22-31(30)25-41)19-20-40-17-15-32(16-18-40)46-37(45)38-34-10-6-5-9-33(34)27-7-3-2-4-8-27/h2-14,29-32H,15-25H2,1H3,(H,38,45)(H,43,44)/t29-,30-,31+. The van der Waals surface area contributed by atoms with E-state index >= 15 is 0 Å². The predicted molar refractivity (Wildman–Crippen MR) is 177 cm³/mol. The first-order valence-corrected chi connectivity index (χ1v) is 16.5. The average molecular weight is 625 g/mol. The van der Waals surface area contributed by atoms with E-state index in [0.29, 0.717) is 23.9 Å². The number of benzene rings is 3. The van der Waals surface area contributed by atoms with Crippen LogP contribution in [-0.2, 0) is 16.1 Å². The molecule has 0 unspecified atom stereocenters. The minimum Gasteiger partial charge on any atom is -0.481 e. The second-order valence-corrected chi connectivity index (χ2v) is 13.1. The first-order chi connectivity index (χ1) is 22.3. The Morgan fingerprint density at radius 3 is 2.20 bits per heavy atom. The second kappa shape index (κ2) is 14.5. The zero-order valence-electron chi connectivity index (χ0n) is 26.5. The molecule has 0 bridgehead atoms. The van der Waals surface area contributed by atoms with Crippen LogP contribution in [-0.4, -0.2) is 90.2 Å². The molecule has 6 rings (SSSR count). The van der Waals surface area contributed by atoms with Crippen LogP contribution < -0.4 is 5.32 Å². The molecule has 2 N–H and O–H groups in total. The molecule has 9 nitrogen and oxygen atoms in total. The van der Waals surface area contributed by atoms with Gasteiger partial charge in [-0.3, -0.25) is 19.8 Å². The molecule has 46 heavy (non-hydrogen) atoms. The number of carboxylic acid groups (broad SMARTS) is 1. The highest BCUT2D eigenvalue weighted by Crippen LogP contribution is 2.42. The third kappa shape index (κ3) is 7.77. The van der Waals surface area contributed by atoms with Crippen LogP contribution in [0.25, 0.3) is 11.1 Å². The molecule has 2 saturated heterocycles. The number of nitrogens with zero attached hydrogens (tertiary/aromatic N) is 3. The summed E-state index contributed by atoms with van der Waals surface area (Å²) in [6.45, 7) is 5.75.